The summed E-state index contributed by atoms with van der Waals surface area (Å²) in [5, 5.41) is 15.7. The fourth-order valence-electron chi connectivity index (χ4n) is 5.53. The molecule has 1 amide bonds. The van der Waals surface area contributed by atoms with Crippen molar-refractivity contribution >= 4 is 16.9 Å². The van der Waals surface area contributed by atoms with Crippen LogP contribution in [0.4, 0.5) is 13.2 Å². The number of carbonyl (C=O) groups is 1. The summed E-state index contributed by atoms with van der Waals surface area (Å²) in [5.41, 5.74) is 7.27. The molecule has 2 aromatic carbocycles. The Kier molecular flexibility index (Phi) is 7.95. The van der Waals surface area contributed by atoms with Crippen LogP contribution in [0, 0.1) is 0 Å². The highest BCUT2D eigenvalue weighted by Gasteiger charge is 2.43. The first-order valence-electron chi connectivity index (χ1n) is 13.8. The fourth-order valence-corrected chi connectivity index (χ4v) is 5.53. The topological polar surface area (TPSA) is 119 Å². The second kappa shape index (κ2) is 11.3. The number of amides is 1. The molecule has 0 spiro atoms. The number of alkyl halides is 3. The van der Waals surface area contributed by atoms with Crippen LogP contribution in [0.15, 0.2) is 65.7 Å². The maximum atomic E-state index is 13.8. The molecule has 0 bridgehead atoms. The highest BCUT2D eigenvalue weighted by atomic mass is 19.4. The van der Waals surface area contributed by atoms with Gasteiger partial charge in [-0.25, -0.2) is 4.98 Å². The van der Waals surface area contributed by atoms with Gasteiger partial charge in [-0.1, -0.05) is 54.6 Å². The highest BCUT2D eigenvalue weighted by Crippen LogP contribution is 2.38. The standard InChI is InChI=1S/C30H33F3N6O3/c1-19(34)20-8-10-22(11-9-20)27-25-26(36-37(27)2)28(41)39(18-35-25)17-29(42)12-14-38(15-13-29)24(40)16-23(30(31,32)33)21-6-4-3-5-7-21/h3-11,18-19,23,42H,12-17,34H2,1-2H3. The molecule has 0 saturated carbocycles. The van der Waals surface area contributed by atoms with Crippen molar-refractivity contribution in [3.63, 3.8) is 0 Å². The molecule has 2 aromatic heterocycles. The summed E-state index contributed by atoms with van der Waals surface area (Å²) in [6.07, 6.45) is -3.70. The SMILES string of the molecule is CC(N)c1ccc(-c2c3ncn(CC4(O)CCN(C(=O)CC(c5ccccc5)C(F)(F)F)CC4)c(=O)c3nn2C)cc1. The van der Waals surface area contributed by atoms with Crippen LogP contribution >= 0.6 is 0 Å². The van der Waals surface area contributed by atoms with Crippen molar-refractivity contribution in [2.45, 2.75) is 56.5 Å². The van der Waals surface area contributed by atoms with E-state index in [-0.39, 0.29) is 49.6 Å². The van der Waals surface area contributed by atoms with Crippen LogP contribution in [0.5, 0.6) is 0 Å². The third-order valence-electron chi connectivity index (χ3n) is 8.01. The van der Waals surface area contributed by atoms with Crippen LogP contribution in [0.1, 0.15) is 49.3 Å². The van der Waals surface area contributed by atoms with E-state index in [9.17, 15) is 27.9 Å². The summed E-state index contributed by atoms with van der Waals surface area (Å²) in [6.45, 7) is 1.96. The van der Waals surface area contributed by atoms with Crippen molar-refractivity contribution in [3.8, 4) is 11.3 Å². The second-order valence-electron chi connectivity index (χ2n) is 11.1. The first-order valence-corrected chi connectivity index (χ1v) is 13.8. The van der Waals surface area contributed by atoms with Gasteiger partial charge in [-0.3, -0.25) is 18.8 Å². The first kappa shape index (κ1) is 29.5. The number of likely N-dealkylation sites (tertiary alicyclic amines) is 1. The van der Waals surface area contributed by atoms with E-state index in [2.05, 4.69) is 10.1 Å². The van der Waals surface area contributed by atoms with Crippen LogP contribution in [0.25, 0.3) is 22.3 Å². The largest absolute Gasteiger partial charge is 0.396 e. The number of aliphatic hydroxyl groups is 1. The molecule has 2 unspecified atom stereocenters. The Morgan fingerprint density at radius 1 is 1.05 bits per heavy atom. The molecule has 0 aliphatic carbocycles. The summed E-state index contributed by atoms with van der Waals surface area (Å²) >= 11 is 0. The fraction of sp³-hybridized carbons (Fsp3) is 0.400. The van der Waals surface area contributed by atoms with Gasteiger partial charge in [0.05, 0.1) is 30.1 Å². The van der Waals surface area contributed by atoms with E-state index in [0.717, 1.165) is 11.1 Å². The lowest BCUT2D eigenvalue weighted by atomic mass is 9.90. The molecule has 1 aliphatic rings. The van der Waals surface area contributed by atoms with Gasteiger partial charge < -0.3 is 15.7 Å². The molecule has 1 fully saturated rings. The van der Waals surface area contributed by atoms with Crippen LogP contribution in [-0.4, -0.2) is 60.1 Å². The summed E-state index contributed by atoms with van der Waals surface area (Å²) in [4.78, 5) is 32.1. The minimum absolute atomic E-state index is 0.0361. The lowest BCUT2D eigenvalue weighted by Crippen LogP contribution is -2.50. The van der Waals surface area contributed by atoms with Gasteiger partial charge in [0.25, 0.3) is 5.56 Å². The Balaban J connectivity index is 1.29. The van der Waals surface area contributed by atoms with Gasteiger partial charge in [0.2, 0.25) is 5.91 Å². The number of fused-ring (bicyclic) bond motifs is 1. The third kappa shape index (κ3) is 5.95. The van der Waals surface area contributed by atoms with E-state index in [1.807, 2.05) is 31.2 Å². The number of rotatable bonds is 7. The van der Waals surface area contributed by atoms with Crippen LogP contribution in [-0.2, 0) is 18.4 Å². The van der Waals surface area contributed by atoms with Crippen molar-refractivity contribution < 1.29 is 23.1 Å². The Morgan fingerprint density at radius 2 is 1.69 bits per heavy atom. The number of piperidine rings is 1. The molecule has 1 aliphatic heterocycles. The van der Waals surface area contributed by atoms with Crippen molar-refractivity contribution in [1.82, 2.24) is 24.2 Å². The summed E-state index contributed by atoms with van der Waals surface area (Å²) in [6, 6.07) is 14.9. The summed E-state index contributed by atoms with van der Waals surface area (Å²) in [7, 11) is 1.72. The molecule has 1 saturated heterocycles. The Labute approximate surface area is 240 Å². The molecule has 2 atom stereocenters. The molecule has 4 aromatic rings. The third-order valence-corrected chi connectivity index (χ3v) is 8.01. The monoisotopic (exact) mass is 582 g/mol. The maximum absolute atomic E-state index is 13.8. The van der Waals surface area contributed by atoms with E-state index in [0.29, 0.717) is 11.2 Å². The van der Waals surface area contributed by atoms with Gasteiger partial charge >= 0.3 is 6.18 Å². The van der Waals surface area contributed by atoms with Gasteiger partial charge in [-0.05, 0) is 30.9 Å². The average Bonchev–Trinajstić information content (AvgIpc) is 3.30. The first-order chi connectivity index (χ1) is 19.9. The van der Waals surface area contributed by atoms with Crippen molar-refractivity contribution in [3.05, 3.63) is 82.4 Å². The molecular formula is C30H33F3N6O3. The zero-order chi connectivity index (χ0) is 30.2. The van der Waals surface area contributed by atoms with Gasteiger partial charge in [-0.15, -0.1) is 0 Å². The number of benzene rings is 2. The number of carbonyl (C=O) groups excluding carboxylic acids is 1. The molecule has 0 radical (unpaired) electrons. The van der Waals surface area contributed by atoms with E-state index in [4.69, 9.17) is 5.73 Å². The highest BCUT2D eigenvalue weighted by molar-refractivity contribution is 5.89. The zero-order valence-corrected chi connectivity index (χ0v) is 23.4. The predicted molar refractivity (Wildman–Crippen MR) is 151 cm³/mol. The number of aryl methyl sites for hydroxylation is 1. The van der Waals surface area contributed by atoms with Crippen molar-refractivity contribution in [1.29, 1.82) is 0 Å². The summed E-state index contributed by atoms with van der Waals surface area (Å²) in [5.74, 6) is -2.53. The van der Waals surface area contributed by atoms with Crippen LogP contribution in [0.3, 0.4) is 0 Å². The van der Waals surface area contributed by atoms with Gasteiger partial charge in [0.15, 0.2) is 5.52 Å². The van der Waals surface area contributed by atoms with Gasteiger partial charge in [0.1, 0.15) is 5.52 Å². The number of nitrogens with zero attached hydrogens (tertiary/aromatic N) is 5. The van der Waals surface area contributed by atoms with Crippen molar-refractivity contribution in [2.24, 2.45) is 12.8 Å². The normalized spacial score (nSPS) is 16.9. The predicted octanol–water partition coefficient (Wildman–Crippen LogP) is 3.91. The van der Waals surface area contributed by atoms with Gasteiger partial charge in [-0.2, -0.15) is 18.3 Å². The number of nitrogens with two attached hydrogens (primary N) is 1. The Hall–Kier alpha value is -4.03. The Morgan fingerprint density at radius 3 is 2.29 bits per heavy atom. The Bertz CT molecular complexity index is 1620. The van der Waals surface area contributed by atoms with Crippen LogP contribution < -0.4 is 11.3 Å². The van der Waals surface area contributed by atoms with Crippen molar-refractivity contribution in [2.75, 3.05) is 13.1 Å². The number of hydrogen-bond donors (Lipinski definition) is 2. The number of halogens is 3. The zero-order valence-electron chi connectivity index (χ0n) is 23.4. The molecule has 42 heavy (non-hydrogen) atoms. The maximum Gasteiger partial charge on any atom is 0.396 e. The average molecular weight is 583 g/mol. The van der Waals surface area contributed by atoms with Crippen LogP contribution in [0.2, 0.25) is 0 Å². The minimum atomic E-state index is -4.57. The summed E-state index contributed by atoms with van der Waals surface area (Å²) < 4.78 is 44.2. The lowest BCUT2D eigenvalue weighted by molar-refractivity contribution is -0.162. The van der Waals surface area contributed by atoms with E-state index in [1.165, 1.54) is 40.1 Å². The van der Waals surface area contributed by atoms with E-state index in [1.54, 1.807) is 17.8 Å². The second-order valence-corrected chi connectivity index (χ2v) is 11.1. The quantitative estimate of drug-likeness (QED) is 0.341. The van der Waals surface area contributed by atoms with E-state index < -0.39 is 35.6 Å². The van der Waals surface area contributed by atoms with E-state index >= 15 is 0 Å². The molecule has 5 rings (SSSR count). The molecule has 3 heterocycles. The molecular weight excluding hydrogens is 549 g/mol. The molecule has 12 heteroatoms. The lowest BCUT2D eigenvalue weighted by Gasteiger charge is -2.39. The molecule has 222 valence electrons. The molecule has 3 N–H and O–H groups in total. The smallest absolute Gasteiger partial charge is 0.388 e. The molecule has 9 nitrogen and oxygen atoms in total. The minimum Gasteiger partial charge on any atom is -0.388 e. The van der Waals surface area contributed by atoms with Gasteiger partial charge in [0, 0.05) is 38.2 Å². The number of hydrogen-bond acceptors (Lipinski definition) is 6. The number of aromatic nitrogens is 4.